The smallest absolute Gasteiger partial charge is 0.264 e. The second-order valence-corrected chi connectivity index (χ2v) is 5.71. The third-order valence-electron chi connectivity index (χ3n) is 2.77. The Hall–Kier alpha value is -1.62. The molecule has 0 aliphatic heterocycles. The van der Waals surface area contributed by atoms with Crippen LogP contribution in [0.25, 0.3) is 0 Å². The van der Waals surface area contributed by atoms with Crippen molar-refractivity contribution >= 4 is 15.9 Å². The topological polar surface area (TPSA) is 63.2 Å². The van der Waals surface area contributed by atoms with Crippen LogP contribution in [0.2, 0.25) is 0 Å². The Kier molecular flexibility index (Phi) is 3.02. The molecule has 2 atom stereocenters. The van der Waals surface area contributed by atoms with Gasteiger partial charge in [0, 0.05) is 5.92 Å². The van der Waals surface area contributed by atoms with Crippen molar-refractivity contribution in [2.45, 2.75) is 11.3 Å². The highest BCUT2D eigenvalue weighted by Crippen LogP contribution is 2.39. The van der Waals surface area contributed by atoms with Gasteiger partial charge in [0.1, 0.15) is 0 Å². The van der Waals surface area contributed by atoms with Crippen LogP contribution in [0.4, 0.5) is 0 Å². The van der Waals surface area contributed by atoms with E-state index in [0.717, 1.165) is 0 Å². The molecule has 1 saturated carbocycles. The number of carbonyl (C=O) groups excluding carboxylic acids is 1. The standard InChI is InChI=1S/C12H13NO3S/c1-2-9-8-11(9)12(14)13-17(15,16)10-6-4-3-5-7-10/h2-7,9,11H,1,8H2,(H,13,14)/t9-,11+/m1/s1. The molecule has 0 radical (unpaired) electrons. The largest absolute Gasteiger partial charge is 0.274 e. The first-order valence-electron chi connectivity index (χ1n) is 5.29. The summed E-state index contributed by atoms with van der Waals surface area (Å²) in [5.74, 6) is -0.578. The summed E-state index contributed by atoms with van der Waals surface area (Å²) >= 11 is 0. The molecule has 17 heavy (non-hydrogen) atoms. The van der Waals surface area contributed by atoms with Crippen LogP contribution in [-0.2, 0) is 14.8 Å². The Balaban J connectivity index is 2.09. The predicted molar refractivity (Wildman–Crippen MR) is 63.6 cm³/mol. The molecule has 1 aliphatic carbocycles. The molecule has 1 aromatic rings. The Morgan fingerprint density at radius 3 is 2.53 bits per heavy atom. The van der Waals surface area contributed by atoms with Gasteiger partial charge in [-0.2, -0.15) is 0 Å². The van der Waals surface area contributed by atoms with Gasteiger partial charge in [-0.25, -0.2) is 13.1 Å². The first-order chi connectivity index (χ1) is 8.04. The fraction of sp³-hybridized carbons (Fsp3) is 0.250. The average molecular weight is 251 g/mol. The first-order valence-corrected chi connectivity index (χ1v) is 6.77. The van der Waals surface area contributed by atoms with Gasteiger partial charge < -0.3 is 0 Å². The van der Waals surface area contributed by atoms with Gasteiger partial charge in [-0.3, -0.25) is 4.79 Å². The number of hydrogen-bond acceptors (Lipinski definition) is 3. The van der Waals surface area contributed by atoms with Crippen molar-refractivity contribution in [3.63, 3.8) is 0 Å². The summed E-state index contributed by atoms with van der Waals surface area (Å²) in [6.07, 6.45) is 2.36. The van der Waals surface area contributed by atoms with Crippen LogP contribution in [0.5, 0.6) is 0 Å². The third-order valence-corrected chi connectivity index (χ3v) is 4.13. The molecular formula is C12H13NO3S. The van der Waals surface area contributed by atoms with Crippen molar-refractivity contribution in [2.24, 2.45) is 11.8 Å². The monoisotopic (exact) mass is 251 g/mol. The number of sulfonamides is 1. The van der Waals surface area contributed by atoms with Crippen molar-refractivity contribution in [1.29, 1.82) is 0 Å². The van der Waals surface area contributed by atoms with Gasteiger partial charge in [-0.05, 0) is 24.5 Å². The number of benzene rings is 1. The number of carbonyl (C=O) groups is 1. The van der Waals surface area contributed by atoms with Gasteiger partial charge in [0.15, 0.2) is 0 Å². The molecule has 0 aromatic heterocycles. The molecule has 1 amide bonds. The number of amides is 1. The van der Waals surface area contributed by atoms with Gasteiger partial charge in [-0.15, -0.1) is 6.58 Å². The Morgan fingerprint density at radius 2 is 2.00 bits per heavy atom. The molecular weight excluding hydrogens is 238 g/mol. The van der Waals surface area contributed by atoms with Crippen LogP contribution in [-0.4, -0.2) is 14.3 Å². The molecule has 0 heterocycles. The van der Waals surface area contributed by atoms with Crippen LogP contribution >= 0.6 is 0 Å². The lowest BCUT2D eigenvalue weighted by molar-refractivity contribution is -0.120. The van der Waals surface area contributed by atoms with E-state index in [1.807, 2.05) is 0 Å². The maximum atomic E-state index is 11.8. The van der Waals surface area contributed by atoms with Crippen LogP contribution in [0.1, 0.15) is 6.42 Å². The highest BCUT2D eigenvalue weighted by atomic mass is 32.2. The molecule has 0 bridgehead atoms. The zero-order valence-corrected chi connectivity index (χ0v) is 9.98. The lowest BCUT2D eigenvalue weighted by Gasteiger charge is -2.05. The van der Waals surface area contributed by atoms with Crippen molar-refractivity contribution in [3.8, 4) is 0 Å². The Morgan fingerprint density at radius 1 is 1.35 bits per heavy atom. The van der Waals surface area contributed by atoms with Crippen LogP contribution in [0, 0.1) is 11.8 Å². The minimum atomic E-state index is -3.73. The Labute approximate surface area is 100 Å². The fourth-order valence-electron chi connectivity index (χ4n) is 1.64. The van der Waals surface area contributed by atoms with E-state index in [9.17, 15) is 13.2 Å². The molecule has 0 unspecified atom stereocenters. The highest BCUT2D eigenvalue weighted by Gasteiger charge is 2.42. The summed E-state index contributed by atoms with van der Waals surface area (Å²) in [4.78, 5) is 11.7. The van der Waals surface area contributed by atoms with Gasteiger partial charge in [-0.1, -0.05) is 24.3 Å². The van der Waals surface area contributed by atoms with Gasteiger partial charge >= 0.3 is 0 Å². The SMILES string of the molecule is C=C[C@@H]1C[C@@H]1C(=O)NS(=O)(=O)c1ccccc1. The van der Waals surface area contributed by atoms with Gasteiger partial charge in [0.05, 0.1) is 4.90 Å². The van der Waals surface area contributed by atoms with Crippen molar-refractivity contribution in [1.82, 2.24) is 4.72 Å². The summed E-state index contributed by atoms with van der Waals surface area (Å²) in [5, 5.41) is 0. The number of rotatable bonds is 4. The number of nitrogens with one attached hydrogen (secondary N) is 1. The molecule has 0 saturated heterocycles. The summed E-state index contributed by atoms with van der Waals surface area (Å²) in [7, 11) is -3.73. The fourth-order valence-corrected chi connectivity index (χ4v) is 2.69. The summed E-state index contributed by atoms with van der Waals surface area (Å²) in [5.41, 5.74) is 0. The van der Waals surface area contributed by atoms with Crippen molar-refractivity contribution < 1.29 is 13.2 Å². The molecule has 4 nitrogen and oxygen atoms in total. The summed E-state index contributed by atoms with van der Waals surface area (Å²) in [6.45, 7) is 3.58. The maximum Gasteiger partial charge on any atom is 0.264 e. The van der Waals surface area contributed by atoms with Gasteiger partial charge in [0.25, 0.3) is 10.0 Å². The predicted octanol–water partition coefficient (Wildman–Crippen LogP) is 1.31. The normalized spacial score (nSPS) is 22.8. The summed E-state index contributed by atoms with van der Waals surface area (Å²) < 4.78 is 25.7. The van der Waals surface area contributed by atoms with Crippen molar-refractivity contribution in [3.05, 3.63) is 43.0 Å². The van der Waals surface area contributed by atoms with Crippen molar-refractivity contribution in [2.75, 3.05) is 0 Å². The molecule has 0 spiro atoms. The average Bonchev–Trinajstić information content (AvgIpc) is 3.09. The molecule has 1 aliphatic rings. The highest BCUT2D eigenvalue weighted by molar-refractivity contribution is 7.90. The van der Waals surface area contributed by atoms with E-state index in [-0.39, 0.29) is 16.7 Å². The van der Waals surface area contributed by atoms with E-state index in [1.54, 1.807) is 24.3 Å². The Bertz CT molecular complexity index is 536. The van der Waals surface area contributed by atoms with E-state index in [2.05, 4.69) is 11.3 Å². The van der Waals surface area contributed by atoms with Gasteiger partial charge in [0.2, 0.25) is 5.91 Å². The zero-order chi connectivity index (χ0) is 12.5. The van der Waals surface area contributed by atoms with Crippen LogP contribution in [0.15, 0.2) is 47.9 Å². The number of allylic oxidation sites excluding steroid dienone is 1. The van der Waals surface area contributed by atoms with E-state index in [4.69, 9.17) is 0 Å². The second-order valence-electron chi connectivity index (χ2n) is 4.02. The maximum absolute atomic E-state index is 11.8. The first kappa shape index (κ1) is 11.9. The lowest BCUT2D eigenvalue weighted by Crippen LogP contribution is -2.32. The zero-order valence-electron chi connectivity index (χ0n) is 9.17. The van der Waals surface area contributed by atoms with Crippen LogP contribution < -0.4 is 4.72 Å². The minimum Gasteiger partial charge on any atom is -0.274 e. The lowest BCUT2D eigenvalue weighted by atomic mass is 10.3. The second kappa shape index (κ2) is 4.33. The molecule has 1 aromatic carbocycles. The third kappa shape index (κ3) is 2.55. The summed E-state index contributed by atoms with van der Waals surface area (Å²) in [6, 6.07) is 7.85. The molecule has 1 fully saturated rings. The number of hydrogen-bond donors (Lipinski definition) is 1. The molecule has 1 N–H and O–H groups in total. The molecule has 5 heteroatoms. The molecule has 90 valence electrons. The molecule has 2 rings (SSSR count). The minimum absolute atomic E-state index is 0.101. The van der Waals surface area contributed by atoms with E-state index < -0.39 is 15.9 Å². The van der Waals surface area contributed by atoms with E-state index >= 15 is 0 Å². The van der Waals surface area contributed by atoms with Crippen LogP contribution in [0.3, 0.4) is 0 Å². The van der Waals surface area contributed by atoms with E-state index in [1.165, 1.54) is 12.1 Å². The van der Waals surface area contributed by atoms with E-state index in [0.29, 0.717) is 6.42 Å². The quantitative estimate of drug-likeness (QED) is 0.821.